The third-order valence-corrected chi connectivity index (χ3v) is 5.37. The molecule has 156 valence electrons. The lowest BCUT2D eigenvalue weighted by molar-refractivity contribution is -0.130. The molecule has 1 atom stereocenters. The normalized spacial score (nSPS) is 15.9. The van der Waals surface area contributed by atoms with Gasteiger partial charge in [-0.05, 0) is 36.1 Å². The van der Waals surface area contributed by atoms with Crippen molar-refractivity contribution >= 4 is 5.91 Å². The summed E-state index contributed by atoms with van der Waals surface area (Å²) < 4.78 is 11.4. The smallest absolute Gasteiger partial charge is 0.222 e. The van der Waals surface area contributed by atoms with Crippen LogP contribution in [0, 0.1) is 0 Å². The number of amides is 1. The molecule has 1 saturated heterocycles. The van der Waals surface area contributed by atoms with E-state index in [-0.39, 0.29) is 11.9 Å². The number of hydrogen-bond donors (Lipinski definition) is 0. The molecule has 0 spiro atoms. The Morgan fingerprint density at radius 3 is 2.63 bits per heavy atom. The third kappa shape index (κ3) is 4.79. The Bertz CT molecular complexity index is 960. The van der Waals surface area contributed by atoms with E-state index in [0.717, 1.165) is 24.1 Å². The van der Waals surface area contributed by atoms with Crippen molar-refractivity contribution < 1.29 is 14.3 Å². The molecule has 0 radical (unpaired) electrons. The quantitative estimate of drug-likeness (QED) is 0.574. The molecule has 1 aliphatic heterocycles. The summed E-state index contributed by atoms with van der Waals surface area (Å²) in [5.74, 6) is 1.54. The van der Waals surface area contributed by atoms with Crippen molar-refractivity contribution in [1.29, 1.82) is 0 Å². The molecule has 0 bridgehead atoms. The zero-order valence-electron chi connectivity index (χ0n) is 17.1. The summed E-state index contributed by atoms with van der Waals surface area (Å²) in [4.78, 5) is 16.3. The van der Waals surface area contributed by atoms with Gasteiger partial charge in [-0.25, -0.2) is 0 Å². The van der Waals surface area contributed by atoms with Gasteiger partial charge in [-0.3, -0.25) is 4.79 Å². The van der Waals surface area contributed by atoms with Crippen LogP contribution in [0.3, 0.4) is 0 Å². The van der Waals surface area contributed by atoms with E-state index in [9.17, 15) is 4.79 Å². The first-order valence-electron chi connectivity index (χ1n) is 10.2. The molecular formula is C23H26N4O3. The van der Waals surface area contributed by atoms with Gasteiger partial charge in [0.15, 0.2) is 11.5 Å². The summed E-state index contributed by atoms with van der Waals surface area (Å²) in [7, 11) is 1.63. The van der Waals surface area contributed by atoms with Gasteiger partial charge >= 0.3 is 0 Å². The van der Waals surface area contributed by atoms with E-state index in [1.165, 1.54) is 0 Å². The van der Waals surface area contributed by atoms with Crippen LogP contribution in [0.4, 0.5) is 0 Å². The molecule has 7 heteroatoms. The lowest BCUT2D eigenvalue weighted by Crippen LogP contribution is -2.29. The second-order valence-corrected chi connectivity index (χ2v) is 7.39. The fourth-order valence-electron chi connectivity index (χ4n) is 3.71. The van der Waals surface area contributed by atoms with Gasteiger partial charge in [-0.1, -0.05) is 36.4 Å². The highest BCUT2D eigenvalue weighted by Gasteiger charge is 2.28. The van der Waals surface area contributed by atoms with Crippen molar-refractivity contribution in [2.75, 3.05) is 20.2 Å². The molecule has 1 unspecified atom stereocenters. The number of aryl methyl sites for hydroxylation is 1. The molecule has 1 aliphatic rings. The number of carbonyl (C=O) groups is 1. The average molecular weight is 406 g/mol. The van der Waals surface area contributed by atoms with E-state index < -0.39 is 0 Å². The minimum atomic E-state index is 0.159. The standard InChI is InChI=1S/C23H26N4O3/c1-29-21-9-7-18(15-22(21)30-17-19-5-3-2-4-6-19)8-10-23(28)26-14-11-20(16-26)27-24-12-13-25-27/h2-7,9,12-13,15,20H,8,10-11,14,16-17H2,1H3. The largest absolute Gasteiger partial charge is 0.493 e. The highest BCUT2D eigenvalue weighted by Crippen LogP contribution is 2.29. The highest BCUT2D eigenvalue weighted by atomic mass is 16.5. The fourth-order valence-corrected chi connectivity index (χ4v) is 3.71. The van der Waals surface area contributed by atoms with Crippen LogP contribution in [0.15, 0.2) is 60.9 Å². The maximum atomic E-state index is 12.7. The summed E-state index contributed by atoms with van der Waals surface area (Å²) in [6, 6.07) is 16.0. The van der Waals surface area contributed by atoms with Gasteiger partial charge in [0.1, 0.15) is 6.61 Å². The maximum Gasteiger partial charge on any atom is 0.222 e. The van der Waals surface area contributed by atoms with Crippen LogP contribution in [0.5, 0.6) is 11.5 Å². The van der Waals surface area contributed by atoms with Crippen LogP contribution in [0.1, 0.15) is 30.0 Å². The van der Waals surface area contributed by atoms with E-state index >= 15 is 0 Å². The number of nitrogens with zero attached hydrogens (tertiary/aromatic N) is 4. The van der Waals surface area contributed by atoms with Gasteiger partial charge in [0, 0.05) is 19.5 Å². The lowest BCUT2D eigenvalue weighted by Gasteiger charge is -2.17. The molecular weight excluding hydrogens is 380 g/mol. The van der Waals surface area contributed by atoms with Crippen molar-refractivity contribution in [2.24, 2.45) is 0 Å². The van der Waals surface area contributed by atoms with Crippen LogP contribution in [-0.2, 0) is 17.8 Å². The number of benzene rings is 2. The minimum absolute atomic E-state index is 0.159. The SMILES string of the molecule is COc1ccc(CCC(=O)N2CCC(n3nccn3)C2)cc1OCc1ccccc1. The molecule has 1 amide bonds. The van der Waals surface area contributed by atoms with Gasteiger partial charge in [0.25, 0.3) is 0 Å². The van der Waals surface area contributed by atoms with Crippen molar-refractivity contribution in [1.82, 2.24) is 19.9 Å². The molecule has 30 heavy (non-hydrogen) atoms. The molecule has 7 nitrogen and oxygen atoms in total. The molecule has 0 N–H and O–H groups in total. The van der Waals surface area contributed by atoms with Crippen LogP contribution >= 0.6 is 0 Å². The Kier molecular flexibility index (Phi) is 6.27. The third-order valence-electron chi connectivity index (χ3n) is 5.37. The Balaban J connectivity index is 1.33. The minimum Gasteiger partial charge on any atom is -0.493 e. The zero-order valence-corrected chi connectivity index (χ0v) is 17.1. The highest BCUT2D eigenvalue weighted by molar-refractivity contribution is 5.76. The number of ether oxygens (including phenoxy) is 2. The number of carbonyl (C=O) groups excluding carboxylic acids is 1. The van der Waals surface area contributed by atoms with E-state index in [2.05, 4.69) is 10.2 Å². The number of rotatable bonds is 8. The summed E-state index contributed by atoms with van der Waals surface area (Å²) in [5, 5.41) is 8.39. The summed E-state index contributed by atoms with van der Waals surface area (Å²) in [6.45, 7) is 1.89. The molecule has 3 aromatic rings. The topological polar surface area (TPSA) is 69.5 Å². The summed E-state index contributed by atoms with van der Waals surface area (Å²) in [5.41, 5.74) is 2.15. The van der Waals surface area contributed by atoms with Gasteiger partial charge in [-0.2, -0.15) is 15.0 Å². The van der Waals surface area contributed by atoms with E-state index in [1.807, 2.05) is 53.4 Å². The van der Waals surface area contributed by atoms with Crippen LogP contribution in [0.2, 0.25) is 0 Å². The monoisotopic (exact) mass is 406 g/mol. The number of aromatic nitrogens is 3. The van der Waals surface area contributed by atoms with Crippen molar-refractivity contribution in [3.05, 3.63) is 72.1 Å². The number of hydrogen-bond acceptors (Lipinski definition) is 5. The average Bonchev–Trinajstić information content (AvgIpc) is 3.49. The van der Waals surface area contributed by atoms with Crippen LogP contribution in [0.25, 0.3) is 0 Å². The summed E-state index contributed by atoms with van der Waals surface area (Å²) in [6.07, 6.45) is 5.35. The molecule has 2 heterocycles. The second kappa shape index (κ2) is 9.43. The first-order valence-corrected chi connectivity index (χ1v) is 10.2. The van der Waals surface area contributed by atoms with E-state index in [4.69, 9.17) is 9.47 Å². The van der Waals surface area contributed by atoms with Gasteiger partial charge in [0.05, 0.1) is 25.5 Å². The van der Waals surface area contributed by atoms with Gasteiger partial charge in [0.2, 0.25) is 5.91 Å². The zero-order chi connectivity index (χ0) is 20.8. The Morgan fingerprint density at radius 2 is 1.87 bits per heavy atom. The predicted octanol–water partition coefficient (Wildman–Crippen LogP) is 3.27. The van der Waals surface area contributed by atoms with Crippen molar-refractivity contribution in [2.45, 2.75) is 31.9 Å². The van der Waals surface area contributed by atoms with E-state index in [1.54, 1.807) is 24.3 Å². The molecule has 0 saturated carbocycles. The Hall–Kier alpha value is -3.35. The first kappa shape index (κ1) is 19.9. The molecule has 0 aliphatic carbocycles. The van der Waals surface area contributed by atoms with Crippen LogP contribution in [-0.4, -0.2) is 46.0 Å². The fraction of sp³-hybridized carbons (Fsp3) is 0.348. The van der Waals surface area contributed by atoms with Gasteiger partial charge < -0.3 is 14.4 Å². The Labute approximate surface area is 176 Å². The molecule has 1 aromatic heterocycles. The Morgan fingerprint density at radius 1 is 1.07 bits per heavy atom. The van der Waals surface area contributed by atoms with Crippen molar-refractivity contribution in [3.8, 4) is 11.5 Å². The molecule has 1 fully saturated rings. The summed E-state index contributed by atoms with van der Waals surface area (Å²) >= 11 is 0. The van der Waals surface area contributed by atoms with Crippen molar-refractivity contribution in [3.63, 3.8) is 0 Å². The molecule has 4 rings (SSSR count). The maximum absolute atomic E-state index is 12.7. The lowest BCUT2D eigenvalue weighted by atomic mass is 10.1. The number of likely N-dealkylation sites (tertiary alicyclic amines) is 1. The van der Waals surface area contributed by atoms with Gasteiger partial charge in [-0.15, -0.1) is 0 Å². The molecule has 2 aromatic carbocycles. The first-order chi connectivity index (χ1) is 14.7. The van der Waals surface area contributed by atoms with E-state index in [0.29, 0.717) is 37.5 Å². The predicted molar refractivity (Wildman–Crippen MR) is 112 cm³/mol. The van der Waals surface area contributed by atoms with Crippen LogP contribution < -0.4 is 9.47 Å². The number of methoxy groups -OCH3 is 1. The second-order valence-electron chi connectivity index (χ2n) is 7.39.